The monoisotopic (exact) mass is 302 g/mol. The van der Waals surface area contributed by atoms with Crippen molar-refractivity contribution in [3.8, 4) is 5.75 Å². The third kappa shape index (κ3) is 4.34. The second-order valence-electron chi connectivity index (χ2n) is 4.58. The molecular weight excluding hydrogens is 284 g/mol. The Balaban J connectivity index is 0.000000224. The fraction of sp³-hybridized carbons (Fsp3) is 0.176. The Kier molecular flexibility index (Phi) is 6.13. The molecule has 0 radical (unpaired) electrons. The van der Waals surface area contributed by atoms with E-state index in [1.54, 1.807) is 24.3 Å². The Morgan fingerprint density at radius 3 is 1.86 bits per heavy atom. The van der Waals surface area contributed by atoms with Gasteiger partial charge in [-0.3, -0.25) is 0 Å². The lowest BCUT2D eigenvalue weighted by Crippen LogP contribution is -2.02. The largest absolute Gasteiger partial charge is 0.507 e. The van der Waals surface area contributed by atoms with Crippen molar-refractivity contribution in [3.63, 3.8) is 0 Å². The molecule has 5 heteroatoms. The molecule has 2 aromatic rings. The van der Waals surface area contributed by atoms with Crippen molar-refractivity contribution in [2.24, 2.45) is 0 Å². The second-order valence-corrected chi connectivity index (χ2v) is 4.58. The number of carboxylic acid groups (broad SMARTS) is 2. The molecule has 3 N–H and O–H groups in total. The molecule has 2 aromatic carbocycles. The van der Waals surface area contributed by atoms with Gasteiger partial charge in [-0.05, 0) is 42.7 Å². The van der Waals surface area contributed by atoms with Crippen LogP contribution in [0.25, 0.3) is 0 Å². The molecule has 0 aromatic heterocycles. The van der Waals surface area contributed by atoms with Gasteiger partial charge in [0, 0.05) is 0 Å². The molecule has 0 heterocycles. The minimum absolute atomic E-state index is 0.0671. The maximum atomic E-state index is 10.7. The molecule has 0 bridgehead atoms. The zero-order chi connectivity index (χ0) is 16.7. The summed E-state index contributed by atoms with van der Waals surface area (Å²) in [6.45, 7) is 3.90. The zero-order valence-corrected chi connectivity index (χ0v) is 12.4. The summed E-state index contributed by atoms with van der Waals surface area (Å²) < 4.78 is 0. The normalized spacial score (nSPS) is 9.55. The van der Waals surface area contributed by atoms with Crippen LogP contribution in [0.1, 0.15) is 38.8 Å². The lowest BCUT2D eigenvalue weighted by Gasteiger charge is -2.05. The molecule has 0 spiro atoms. The lowest BCUT2D eigenvalue weighted by atomic mass is 10.00. The predicted octanol–water partition coefficient (Wildman–Crippen LogP) is 3.35. The van der Waals surface area contributed by atoms with Crippen LogP contribution in [0.5, 0.6) is 5.75 Å². The van der Waals surface area contributed by atoms with Crippen LogP contribution in [0.4, 0.5) is 0 Å². The van der Waals surface area contributed by atoms with Gasteiger partial charge in [-0.15, -0.1) is 0 Å². The summed E-state index contributed by atoms with van der Waals surface area (Å²) in [5.74, 6) is -2.15. The summed E-state index contributed by atoms with van der Waals surface area (Å²) in [5.41, 5.74) is 2.35. The van der Waals surface area contributed by atoms with Gasteiger partial charge < -0.3 is 15.3 Å². The smallest absolute Gasteiger partial charge is 0.339 e. The highest BCUT2D eigenvalue weighted by Crippen LogP contribution is 2.15. The first-order valence-corrected chi connectivity index (χ1v) is 6.71. The molecule has 0 saturated carbocycles. The molecule has 5 nitrogen and oxygen atoms in total. The Bertz CT molecular complexity index is 676. The van der Waals surface area contributed by atoms with Crippen molar-refractivity contribution < 1.29 is 24.9 Å². The van der Waals surface area contributed by atoms with E-state index >= 15 is 0 Å². The number of phenols is 1. The molecule has 0 saturated heterocycles. The molecule has 0 unspecified atom stereocenters. The van der Waals surface area contributed by atoms with Gasteiger partial charge in [-0.2, -0.15) is 0 Å². The van der Waals surface area contributed by atoms with E-state index in [0.717, 1.165) is 17.5 Å². The number of hydrogen-bond donors (Lipinski definition) is 3. The number of carbonyl (C=O) groups is 2. The van der Waals surface area contributed by atoms with E-state index in [9.17, 15) is 9.59 Å². The number of aromatic carboxylic acids is 2. The van der Waals surface area contributed by atoms with Crippen LogP contribution in [0, 0.1) is 6.92 Å². The highest BCUT2D eigenvalue weighted by atomic mass is 16.4. The van der Waals surface area contributed by atoms with Crippen molar-refractivity contribution in [3.05, 3.63) is 64.7 Å². The fourth-order valence-electron chi connectivity index (χ4n) is 2.03. The van der Waals surface area contributed by atoms with Gasteiger partial charge in [-0.25, -0.2) is 9.59 Å². The Labute approximate surface area is 128 Å². The molecule has 116 valence electrons. The first kappa shape index (κ1) is 17.2. The quantitative estimate of drug-likeness (QED) is 0.808. The summed E-state index contributed by atoms with van der Waals surface area (Å²) in [4.78, 5) is 21.0. The van der Waals surface area contributed by atoms with E-state index in [0.29, 0.717) is 5.56 Å². The number of carboxylic acids is 2. The second kappa shape index (κ2) is 7.83. The molecule has 0 amide bonds. The van der Waals surface area contributed by atoms with Gasteiger partial charge in [0.2, 0.25) is 0 Å². The van der Waals surface area contributed by atoms with Crippen LogP contribution in [-0.4, -0.2) is 27.3 Å². The Morgan fingerprint density at radius 2 is 1.45 bits per heavy atom. The van der Waals surface area contributed by atoms with Crippen LogP contribution >= 0.6 is 0 Å². The van der Waals surface area contributed by atoms with Crippen LogP contribution in [-0.2, 0) is 6.42 Å². The van der Waals surface area contributed by atoms with Crippen molar-refractivity contribution in [2.75, 3.05) is 0 Å². The van der Waals surface area contributed by atoms with Gasteiger partial charge >= 0.3 is 11.9 Å². The number of aromatic hydroxyl groups is 1. The van der Waals surface area contributed by atoms with Crippen molar-refractivity contribution in [1.29, 1.82) is 0 Å². The molecule has 0 fully saturated rings. The summed E-state index contributed by atoms with van der Waals surface area (Å²) >= 11 is 0. The standard InChI is InChI=1S/C10H12O2.C7H6O3/c1-3-8-7(2)5-4-6-9(8)10(11)12;8-6-4-2-1-3-5(6)7(9)10/h4-6H,3H2,1-2H3,(H,11,12);1-4,8H,(H,9,10). The minimum atomic E-state index is -1.11. The minimum Gasteiger partial charge on any atom is -0.507 e. The summed E-state index contributed by atoms with van der Waals surface area (Å²) in [6, 6.07) is 11.2. The Morgan fingerprint density at radius 1 is 0.909 bits per heavy atom. The average Bonchev–Trinajstić information content (AvgIpc) is 2.47. The summed E-state index contributed by atoms with van der Waals surface area (Å²) in [6.07, 6.45) is 0.772. The summed E-state index contributed by atoms with van der Waals surface area (Å²) in [5, 5.41) is 26.1. The predicted molar refractivity (Wildman–Crippen MR) is 82.6 cm³/mol. The van der Waals surface area contributed by atoms with E-state index in [4.69, 9.17) is 15.3 Å². The van der Waals surface area contributed by atoms with Crippen molar-refractivity contribution >= 4 is 11.9 Å². The number of benzene rings is 2. The fourth-order valence-corrected chi connectivity index (χ4v) is 2.03. The third-order valence-electron chi connectivity index (χ3n) is 3.13. The van der Waals surface area contributed by atoms with Crippen LogP contribution in [0.15, 0.2) is 42.5 Å². The van der Waals surface area contributed by atoms with Crippen LogP contribution in [0.3, 0.4) is 0 Å². The Hall–Kier alpha value is -2.82. The highest BCUT2D eigenvalue weighted by Gasteiger charge is 2.09. The first-order chi connectivity index (χ1) is 10.4. The number of rotatable bonds is 3. The van der Waals surface area contributed by atoms with Crippen molar-refractivity contribution in [2.45, 2.75) is 20.3 Å². The lowest BCUT2D eigenvalue weighted by molar-refractivity contribution is 0.0683. The first-order valence-electron chi connectivity index (χ1n) is 6.71. The SMILES string of the molecule is CCc1c(C)cccc1C(=O)O.O=C(O)c1ccccc1O. The van der Waals surface area contributed by atoms with E-state index in [1.807, 2.05) is 19.9 Å². The van der Waals surface area contributed by atoms with Crippen LogP contribution < -0.4 is 0 Å². The maximum absolute atomic E-state index is 10.7. The van der Waals surface area contributed by atoms with E-state index in [2.05, 4.69) is 0 Å². The van der Waals surface area contributed by atoms with Gasteiger partial charge in [0.05, 0.1) is 5.56 Å². The van der Waals surface area contributed by atoms with E-state index < -0.39 is 11.9 Å². The molecular formula is C17H18O5. The molecule has 2 rings (SSSR count). The highest BCUT2D eigenvalue weighted by molar-refractivity contribution is 5.90. The number of hydrogen-bond acceptors (Lipinski definition) is 3. The van der Waals surface area contributed by atoms with Gasteiger partial charge in [0.15, 0.2) is 0 Å². The maximum Gasteiger partial charge on any atom is 0.339 e. The van der Waals surface area contributed by atoms with Gasteiger partial charge in [0.25, 0.3) is 0 Å². The van der Waals surface area contributed by atoms with Crippen LogP contribution in [0.2, 0.25) is 0 Å². The van der Waals surface area contributed by atoms with E-state index in [-0.39, 0.29) is 11.3 Å². The molecule has 0 aliphatic rings. The average molecular weight is 302 g/mol. The van der Waals surface area contributed by atoms with Gasteiger partial charge in [0.1, 0.15) is 11.3 Å². The molecule has 0 aliphatic carbocycles. The van der Waals surface area contributed by atoms with Gasteiger partial charge in [-0.1, -0.05) is 31.2 Å². The van der Waals surface area contributed by atoms with E-state index in [1.165, 1.54) is 12.1 Å². The summed E-state index contributed by atoms with van der Waals surface area (Å²) in [7, 11) is 0. The van der Waals surface area contributed by atoms with Crippen molar-refractivity contribution in [1.82, 2.24) is 0 Å². The number of aryl methyl sites for hydroxylation is 1. The molecule has 22 heavy (non-hydrogen) atoms. The zero-order valence-electron chi connectivity index (χ0n) is 12.4. The topological polar surface area (TPSA) is 94.8 Å². The third-order valence-corrected chi connectivity index (χ3v) is 3.13. The number of para-hydroxylation sites is 1. The molecule has 0 atom stereocenters. The molecule has 0 aliphatic heterocycles.